The molecule has 1 N–H and O–H groups in total. The molecule has 3 unspecified atom stereocenters. The Bertz CT molecular complexity index is 750. The van der Waals surface area contributed by atoms with Crippen LogP contribution in [0.5, 0.6) is 0 Å². The van der Waals surface area contributed by atoms with Gasteiger partial charge in [0.15, 0.2) is 6.49 Å². The van der Waals surface area contributed by atoms with Crippen LogP contribution >= 0.6 is 6.49 Å². The molecule has 2 heterocycles. The minimum Gasteiger partial charge on any atom is -0.384 e. The van der Waals surface area contributed by atoms with Crippen LogP contribution in [0.3, 0.4) is 0 Å². The van der Waals surface area contributed by atoms with Crippen molar-refractivity contribution >= 4 is 34.0 Å². The van der Waals surface area contributed by atoms with Gasteiger partial charge in [-0.15, -0.1) is 0 Å². The summed E-state index contributed by atoms with van der Waals surface area (Å²) in [4.78, 5) is 11.4. The highest BCUT2D eigenvalue weighted by atomic mass is 32.5. The largest absolute Gasteiger partial charge is 0.384 e. The monoisotopic (exact) mass is 510 g/mol. The molecular weight excluding hydrogens is 461 g/mol. The Morgan fingerprint density at radius 3 is 1.59 bits per heavy atom. The van der Waals surface area contributed by atoms with Gasteiger partial charge in [0.25, 0.3) is 0 Å². The molecule has 0 aromatic rings. The standard InChI is InChI=1S/C26H49B2O4PS/c1-23(2,3)17-15(20(26(10,11)12)32-21(17)27)14-33(29,34)30-13-16-18(24(4,5)6)19(22(28)31-16)25(7,8)9/h15-22H,13-14H2,1-12H3,(H,29,34)/t15?,16-,17+,18?,19+,20+,21-,22-,33?/m1/s1. The van der Waals surface area contributed by atoms with Crippen molar-refractivity contribution in [3.05, 3.63) is 0 Å². The Labute approximate surface area is 218 Å². The second-order valence-electron chi connectivity index (χ2n) is 15.0. The molecular formula is C26H49B2O4PS. The summed E-state index contributed by atoms with van der Waals surface area (Å²) in [5.41, 5.74) is -0.254. The Kier molecular flexibility index (Phi) is 9.13. The Morgan fingerprint density at radius 1 is 0.735 bits per heavy atom. The van der Waals surface area contributed by atoms with Crippen LogP contribution in [0.2, 0.25) is 0 Å². The Morgan fingerprint density at radius 2 is 1.18 bits per heavy atom. The summed E-state index contributed by atoms with van der Waals surface area (Å²) in [6.07, 6.45) is 0.0582. The van der Waals surface area contributed by atoms with Crippen molar-refractivity contribution in [3.63, 3.8) is 0 Å². The third kappa shape index (κ3) is 7.13. The Hall–Kier alpha value is 0.620. The first-order chi connectivity index (χ1) is 15.0. The number of hydrogen-bond acceptors (Lipinski definition) is 4. The molecule has 0 bridgehead atoms. The SMILES string of the molecule is [B][C@@H]1O[C@H](C(C)(C)C)C(CP(O)(=S)OC[C@H]2O[C@@H]([B])[C@@H](C(C)(C)C)C2C(C)(C)C)[C@@H]1C(C)(C)C. The van der Waals surface area contributed by atoms with E-state index in [-0.39, 0.29) is 70.1 Å². The molecule has 4 radical (unpaired) electrons. The van der Waals surface area contributed by atoms with E-state index >= 15 is 0 Å². The summed E-state index contributed by atoms with van der Waals surface area (Å²) in [6.45, 7) is 23.4. The van der Waals surface area contributed by atoms with Crippen LogP contribution in [-0.4, -0.2) is 57.6 Å². The van der Waals surface area contributed by atoms with E-state index in [1.165, 1.54) is 0 Å². The van der Waals surface area contributed by atoms with Gasteiger partial charge in [0.2, 0.25) is 0 Å². The first kappa shape index (κ1) is 30.8. The van der Waals surface area contributed by atoms with Gasteiger partial charge in [0.05, 0.1) is 18.8 Å². The summed E-state index contributed by atoms with van der Waals surface area (Å²) >= 11 is 5.73. The molecule has 8 heteroatoms. The van der Waals surface area contributed by atoms with Crippen LogP contribution in [0.1, 0.15) is 83.1 Å². The first-order valence-corrected chi connectivity index (χ1v) is 15.6. The number of ether oxygens (including phenoxy) is 2. The molecule has 0 aromatic carbocycles. The predicted octanol–water partition coefficient (Wildman–Crippen LogP) is 5.74. The van der Waals surface area contributed by atoms with Crippen molar-refractivity contribution in [1.82, 2.24) is 0 Å². The summed E-state index contributed by atoms with van der Waals surface area (Å²) in [5, 5.41) is 0. The average Bonchev–Trinajstić information content (AvgIpc) is 3.08. The molecule has 194 valence electrons. The fourth-order valence-electron chi connectivity index (χ4n) is 6.56. The average molecular weight is 510 g/mol. The quantitative estimate of drug-likeness (QED) is 0.378. The fourth-order valence-corrected chi connectivity index (χ4v) is 8.70. The van der Waals surface area contributed by atoms with Gasteiger partial charge in [0, 0.05) is 18.2 Å². The van der Waals surface area contributed by atoms with Crippen LogP contribution in [0.25, 0.3) is 0 Å². The highest BCUT2D eigenvalue weighted by molar-refractivity contribution is 8.09. The van der Waals surface area contributed by atoms with Gasteiger partial charge in [-0.2, -0.15) is 0 Å². The molecule has 0 aromatic heterocycles. The lowest BCUT2D eigenvalue weighted by Gasteiger charge is -2.42. The molecule has 2 aliphatic heterocycles. The maximum atomic E-state index is 11.4. The molecule has 9 atom stereocenters. The predicted molar refractivity (Wildman–Crippen MR) is 148 cm³/mol. The van der Waals surface area contributed by atoms with Crippen LogP contribution in [-0.2, 0) is 25.8 Å². The number of rotatable bonds is 5. The molecule has 34 heavy (non-hydrogen) atoms. The summed E-state index contributed by atoms with van der Waals surface area (Å²) in [7, 11) is 12.9. The van der Waals surface area contributed by atoms with Crippen molar-refractivity contribution in [1.29, 1.82) is 0 Å². The molecule has 0 saturated carbocycles. The fraction of sp³-hybridized carbons (Fsp3) is 1.00. The van der Waals surface area contributed by atoms with E-state index in [1.54, 1.807) is 0 Å². The second-order valence-corrected chi connectivity index (χ2v) is 18.6. The first-order valence-electron chi connectivity index (χ1n) is 12.8. The van der Waals surface area contributed by atoms with Crippen LogP contribution < -0.4 is 0 Å². The molecule has 2 aliphatic rings. The van der Waals surface area contributed by atoms with Gasteiger partial charge in [-0.3, -0.25) is 0 Å². The lowest BCUT2D eigenvalue weighted by atomic mass is 9.59. The molecule has 0 aliphatic carbocycles. The maximum absolute atomic E-state index is 11.4. The lowest BCUT2D eigenvalue weighted by molar-refractivity contribution is -0.00440. The summed E-state index contributed by atoms with van der Waals surface area (Å²) in [6, 6.07) is -0.760. The van der Waals surface area contributed by atoms with E-state index in [0.29, 0.717) is 6.16 Å². The third-order valence-electron chi connectivity index (χ3n) is 7.72. The van der Waals surface area contributed by atoms with E-state index in [0.717, 1.165) is 0 Å². The zero-order chi connectivity index (χ0) is 26.7. The minimum absolute atomic E-state index is 0.0112. The Balaban J connectivity index is 2.24. The molecule has 0 spiro atoms. The van der Waals surface area contributed by atoms with Crippen molar-refractivity contribution < 1.29 is 18.9 Å². The van der Waals surface area contributed by atoms with Gasteiger partial charge in [-0.1, -0.05) is 83.1 Å². The van der Waals surface area contributed by atoms with Crippen LogP contribution in [0.15, 0.2) is 0 Å². The summed E-state index contributed by atoms with van der Waals surface area (Å²) < 4.78 is 18.7. The highest BCUT2D eigenvalue weighted by Gasteiger charge is 2.54. The summed E-state index contributed by atoms with van der Waals surface area (Å²) in [5.74, 6) is 0.441. The van der Waals surface area contributed by atoms with Gasteiger partial charge >= 0.3 is 0 Å². The van der Waals surface area contributed by atoms with E-state index < -0.39 is 12.5 Å². The zero-order valence-corrected chi connectivity index (χ0v) is 25.4. The van der Waals surface area contributed by atoms with E-state index in [2.05, 4.69) is 83.1 Å². The molecule has 2 saturated heterocycles. The van der Waals surface area contributed by atoms with Crippen molar-refractivity contribution in [2.75, 3.05) is 12.8 Å². The molecule has 0 amide bonds. The molecule has 4 nitrogen and oxygen atoms in total. The molecule has 2 fully saturated rings. The zero-order valence-electron chi connectivity index (χ0n) is 23.7. The molecule has 2 rings (SSSR count). The highest BCUT2D eigenvalue weighted by Crippen LogP contribution is 2.56. The van der Waals surface area contributed by atoms with E-state index in [1.807, 2.05) is 0 Å². The van der Waals surface area contributed by atoms with E-state index in [9.17, 15) is 4.89 Å². The van der Waals surface area contributed by atoms with Gasteiger partial charge in [-0.05, 0) is 57.1 Å². The van der Waals surface area contributed by atoms with Crippen molar-refractivity contribution in [2.24, 2.45) is 45.3 Å². The smallest absolute Gasteiger partial charge is 0.186 e. The maximum Gasteiger partial charge on any atom is 0.186 e. The van der Waals surface area contributed by atoms with Crippen LogP contribution in [0.4, 0.5) is 0 Å². The van der Waals surface area contributed by atoms with Gasteiger partial charge in [0.1, 0.15) is 15.7 Å². The number of hydrogen-bond donors (Lipinski definition) is 1. The van der Waals surface area contributed by atoms with Crippen LogP contribution in [0, 0.1) is 45.3 Å². The topological polar surface area (TPSA) is 47.9 Å². The van der Waals surface area contributed by atoms with Crippen molar-refractivity contribution in [2.45, 2.75) is 107 Å². The van der Waals surface area contributed by atoms with Crippen molar-refractivity contribution in [3.8, 4) is 0 Å². The van der Waals surface area contributed by atoms with Gasteiger partial charge < -0.3 is 18.9 Å². The lowest BCUT2D eigenvalue weighted by Crippen LogP contribution is -2.41. The second kappa shape index (κ2) is 10.1. The van der Waals surface area contributed by atoms with Gasteiger partial charge in [-0.25, -0.2) is 0 Å². The third-order valence-corrected chi connectivity index (χ3v) is 9.92. The van der Waals surface area contributed by atoms with E-state index in [4.69, 9.17) is 41.5 Å². The minimum atomic E-state index is -3.12. The normalized spacial score (nSPS) is 37.7.